The van der Waals surface area contributed by atoms with Crippen LogP contribution in [0.25, 0.3) is 5.52 Å². The Labute approximate surface area is 137 Å². The zero-order valence-corrected chi connectivity index (χ0v) is 14.3. The van der Waals surface area contributed by atoms with E-state index in [1.165, 1.54) is 20.4 Å². The Bertz CT molecular complexity index is 861. The molecule has 0 spiro atoms. The van der Waals surface area contributed by atoms with Crippen LogP contribution in [0, 0.1) is 10.5 Å². The maximum absolute atomic E-state index is 12.1. The Hall–Kier alpha value is -1.56. The predicted molar refractivity (Wildman–Crippen MR) is 94.1 cm³/mol. The Balaban J connectivity index is 2.21. The fourth-order valence-corrected chi connectivity index (χ4v) is 3.31. The highest BCUT2D eigenvalue weighted by molar-refractivity contribution is 14.1. The number of hydrogen-bond acceptors (Lipinski definition) is 1. The molecule has 2 heterocycles. The third kappa shape index (κ3) is 2.64. The topological polar surface area (TPSA) is 37.3 Å². The van der Waals surface area contributed by atoms with Crippen molar-refractivity contribution in [1.82, 2.24) is 9.38 Å². The highest BCUT2D eigenvalue weighted by Gasteiger charge is 2.13. The lowest BCUT2D eigenvalue weighted by Crippen LogP contribution is -2.11. The number of aryl methyl sites for hydroxylation is 2. The second-order valence-electron chi connectivity index (χ2n) is 5.26. The van der Waals surface area contributed by atoms with Gasteiger partial charge in [-0.15, -0.1) is 0 Å². The summed E-state index contributed by atoms with van der Waals surface area (Å²) >= 11 is 2.37. The fourth-order valence-electron chi connectivity index (χ4n) is 2.74. The van der Waals surface area contributed by atoms with E-state index >= 15 is 0 Å². The van der Waals surface area contributed by atoms with Crippen LogP contribution in [0.15, 0.2) is 41.3 Å². The smallest absolute Gasteiger partial charge is 0.272 e. The molecule has 108 valence electrons. The van der Waals surface area contributed by atoms with E-state index in [9.17, 15) is 4.79 Å². The molecule has 0 saturated heterocycles. The molecule has 21 heavy (non-hydrogen) atoms. The molecule has 0 saturated carbocycles. The highest BCUT2D eigenvalue weighted by atomic mass is 127. The number of nitrogens with zero attached hydrogens (tertiary/aromatic N) is 1. The van der Waals surface area contributed by atoms with Gasteiger partial charge in [0.15, 0.2) is 0 Å². The zero-order chi connectivity index (χ0) is 15.0. The van der Waals surface area contributed by atoms with Crippen LogP contribution in [0.1, 0.15) is 29.4 Å². The maximum atomic E-state index is 12.1. The average Bonchev–Trinajstić information content (AvgIpc) is 2.80. The molecule has 0 aliphatic carbocycles. The molecular formula is C17H17IN2O. The average molecular weight is 392 g/mol. The van der Waals surface area contributed by atoms with Gasteiger partial charge >= 0.3 is 0 Å². The molecule has 4 heteroatoms. The summed E-state index contributed by atoms with van der Waals surface area (Å²) in [6.07, 6.45) is 3.79. The standard InChI is InChI=1S/C17H17IN2O/c1-3-12-8-16-17(21)19-11(2)10-20(16)15(12)9-13-6-4-5-7-14(13)18/h4-8,10H,3,9H2,1-2H3,(H,19,21). The molecule has 0 amide bonds. The van der Waals surface area contributed by atoms with Gasteiger partial charge in [-0.05, 0) is 59.2 Å². The van der Waals surface area contributed by atoms with Gasteiger partial charge in [-0.2, -0.15) is 0 Å². The van der Waals surface area contributed by atoms with Gasteiger partial charge in [0.25, 0.3) is 5.56 Å². The van der Waals surface area contributed by atoms with Crippen molar-refractivity contribution in [3.63, 3.8) is 0 Å². The summed E-state index contributed by atoms with van der Waals surface area (Å²) in [7, 11) is 0. The molecule has 0 aliphatic rings. The maximum Gasteiger partial charge on any atom is 0.272 e. The van der Waals surface area contributed by atoms with Crippen LogP contribution in [-0.4, -0.2) is 9.38 Å². The van der Waals surface area contributed by atoms with Crippen molar-refractivity contribution in [2.24, 2.45) is 0 Å². The van der Waals surface area contributed by atoms with E-state index in [1.807, 2.05) is 19.2 Å². The van der Waals surface area contributed by atoms with Gasteiger partial charge in [0.2, 0.25) is 0 Å². The van der Waals surface area contributed by atoms with Crippen molar-refractivity contribution in [1.29, 1.82) is 0 Å². The molecule has 1 N–H and O–H groups in total. The van der Waals surface area contributed by atoms with E-state index in [4.69, 9.17) is 0 Å². The van der Waals surface area contributed by atoms with Crippen molar-refractivity contribution in [3.8, 4) is 0 Å². The number of hydrogen-bond donors (Lipinski definition) is 1. The van der Waals surface area contributed by atoms with Crippen molar-refractivity contribution in [3.05, 3.63) is 73.0 Å². The molecule has 2 aromatic heterocycles. The van der Waals surface area contributed by atoms with E-state index in [-0.39, 0.29) is 5.56 Å². The van der Waals surface area contributed by atoms with Crippen molar-refractivity contribution < 1.29 is 0 Å². The number of rotatable bonds is 3. The first-order chi connectivity index (χ1) is 10.1. The number of fused-ring (bicyclic) bond motifs is 1. The summed E-state index contributed by atoms with van der Waals surface area (Å²) in [5.74, 6) is 0. The quantitative estimate of drug-likeness (QED) is 0.679. The molecule has 0 atom stereocenters. The third-order valence-electron chi connectivity index (χ3n) is 3.79. The van der Waals surface area contributed by atoms with Crippen LogP contribution >= 0.6 is 22.6 Å². The second-order valence-corrected chi connectivity index (χ2v) is 6.42. The SMILES string of the molecule is CCc1cc2c(=O)[nH]c(C)cn2c1Cc1ccccc1I. The molecule has 0 radical (unpaired) electrons. The van der Waals surface area contributed by atoms with E-state index in [0.29, 0.717) is 0 Å². The summed E-state index contributed by atoms with van der Waals surface area (Å²) in [6, 6.07) is 10.4. The summed E-state index contributed by atoms with van der Waals surface area (Å²) in [5.41, 5.74) is 5.36. The largest absolute Gasteiger partial charge is 0.323 e. The highest BCUT2D eigenvalue weighted by Crippen LogP contribution is 2.22. The molecule has 0 fully saturated rings. The minimum Gasteiger partial charge on any atom is -0.323 e. The monoisotopic (exact) mass is 392 g/mol. The summed E-state index contributed by atoms with van der Waals surface area (Å²) in [4.78, 5) is 15.0. The first-order valence-corrected chi connectivity index (χ1v) is 8.14. The molecule has 1 aromatic carbocycles. The van der Waals surface area contributed by atoms with E-state index in [1.54, 1.807) is 0 Å². The van der Waals surface area contributed by atoms with Crippen LogP contribution in [0.4, 0.5) is 0 Å². The fraction of sp³-hybridized carbons (Fsp3) is 0.235. The third-order valence-corrected chi connectivity index (χ3v) is 4.85. The number of nitrogens with one attached hydrogen (secondary N) is 1. The summed E-state index contributed by atoms with van der Waals surface area (Å²) < 4.78 is 3.31. The van der Waals surface area contributed by atoms with Crippen LogP contribution in [0.2, 0.25) is 0 Å². The first kappa shape index (κ1) is 14.4. The second kappa shape index (κ2) is 5.67. The minimum absolute atomic E-state index is 0.0151. The summed E-state index contributed by atoms with van der Waals surface area (Å²) in [5, 5.41) is 0. The van der Waals surface area contributed by atoms with E-state index in [2.05, 4.69) is 63.2 Å². The first-order valence-electron chi connectivity index (χ1n) is 7.06. The number of benzene rings is 1. The number of halogens is 1. The van der Waals surface area contributed by atoms with Gasteiger partial charge in [-0.3, -0.25) is 4.79 Å². The van der Waals surface area contributed by atoms with E-state index in [0.717, 1.165) is 24.1 Å². The lowest BCUT2D eigenvalue weighted by atomic mass is 10.1. The van der Waals surface area contributed by atoms with Gasteiger partial charge in [0, 0.05) is 27.6 Å². The minimum atomic E-state index is -0.0151. The van der Waals surface area contributed by atoms with Crippen molar-refractivity contribution in [2.75, 3.05) is 0 Å². The Morgan fingerprint density at radius 2 is 2.00 bits per heavy atom. The van der Waals surface area contributed by atoms with E-state index < -0.39 is 0 Å². The molecular weight excluding hydrogens is 375 g/mol. The Morgan fingerprint density at radius 1 is 1.24 bits per heavy atom. The van der Waals surface area contributed by atoms with Gasteiger partial charge in [-0.25, -0.2) is 0 Å². The lowest BCUT2D eigenvalue weighted by Gasteiger charge is -2.08. The van der Waals surface area contributed by atoms with Crippen molar-refractivity contribution in [2.45, 2.75) is 26.7 Å². The van der Waals surface area contributed by atoms with Crippen molar-refractivity contribution >= 4 is 28.1 Å². The summed E-state index contributed by atoms with van der Waals surface area (Å²) in [6.45, 7) is 4.05. The van der Waals surface area contributed by atoms with Gasteiger partial charge in [0.1, 0.15) is 5.52 Å². The molecule has 0 aliphatic heterocycles. The Kier molecular flexibility index (Phi) is 3.89. The van der Waals surface area contributed by atoms with Crippen LogP contribution in [0.3, 0.4) is 0 Å². The lowest BCUT2D eigenvalue weighted by molar-refractivity contribution is 0.945. The molecule has 0 unspecified atom stereocenters. The molecule has 3 rings (SSSR count). The van der Waals surface area contributed by atoms with Gasteiger partial charge in [0.05, 0.1) is 0 Å². The predicted octanol–water partition coefficient (Wildman–Crippen LogP) is 3.69. The Morgan fingerprint density at radius 3 is 2.71 bits per heavy atom. The number of H-pyrrole nitrogens is 1. The molecule has 0 bridgehead atoms. The van der Waals surface area contributed by atoms with Crippen LogP contribution in [0.5, 0.6) is 0 Å². The van der Waals surface area contributed by atoms with Gasteiger partial charge < -0.3 is 9.38 Å². The molecule has 3 aromatic rings. The number of aromatic amines is 1. The normalized spacial score (nSPS) is 11.2. The zero-order valence-electron chi connectivity index (χ0n) is 12.1. The number of aromatic nitrogens is 2. The van der Waals surface area contributed by atoms with Crippen LogP contribution in [-0.2, 0) is 12.8 Å². The molecule has 3 nitrogen and oxygen atoms in total. The van der Waals surface area contributed by atoms with Gasteiger partial charge in [-0.1, -0.05) is 25.1 Å². The van der Waals surface area contributed by atoms with Crippen LogP contribution < -0.4 is 5.56 Å².